The van der Waals surface area contributed by atoms with Crippen molar-refractivity contribution in [3.8, 4) is 23.0 Å². The van der Waals surface area contributed by atoms with Crippen LogP contribution in [0, 0.1) is 0 Å². The average molecular weight is 613 g/mol. The first-order chi connectivity index (χ1) is 21.3. The molecule has 0 fully saturated rings. The van der Waals surface area contributed by atoms with Gasteiger partial charge < -0.3 is 29.6 Å². The maximum Gasteiger partial charge on any atom is 0.272 e. The van der Waals surface area contributed by atoms with Gasteiger partial charge in [-0.05, 0) is 72.8 Å². The Labute approximate surface area is 260 Å². The van der Waals surface area contributed by atoms with Crippen LogP contribution in [0.3, 0.4) is 0 Å². The van der Waals surface area contributed by atoms with Gasteiger partial charge in [0.2, 0.25) is 0 Å². The normalized spacial score (nSPS) is 10.9. The largest absolute Gasteiger partial charge is 0.497 e. The molecule has 0 aliphatic rings. The molecule has 4 aromatic rings. The number of Topliss-reactive ketones (excluding diaryl/α,β-unsaturated/α-hetero) is 1. The van der Waals surface area contributed by atoms with E-state index in [1.165, 1.54) is 46.3 Å². The van der Waals surface area contributed by atoms with Gasteiger partial charge in [0.25, 0.3) is 11.8 Å². The lowest BCUT2D eigenvalue weighted by atomic mass is 10.1. The second kappa shape index (κ2) is 15.3. The van der Waals surface area contributed by atoms with Gasteiger partial charge in [-0.1, -0.05) is 24.3 Å². The first-order valence-corrected chi connectivity index (χ1v) is 14.4. The van der Waals surface area contributed by atoms with E-state index in [4.69, 9.17) is 18.9 Å². The van der Waals surface area contributed by atoms with Crippen LogP contribution < -0.4 is 29.6 Å². The number of benzene rings is 4. The van der Waals surface area contributed by atoms with Crippen LogP contribution in [0.2, 0.25) is 0 Å². The van der Waals surface area contributed by atoms with Crippen molar-refractivity contribution < 1.29 is 33.3 Å². The summed E-state index contributed by atoms with van der Waals surface area (Å²) in [5, 5.41) is 5.58. The summed E-state index contributed by atoms with van der Waals surface area (Å²) in [6.45, 7) is 0. The number of carbonyl (C=O) groups is 3. The Morgan fingerprint density at radius 2 is 1.43 bits per heavy atom. The molecule has 226 valence electrons. The van der Waals surface area contributed by atoms with E-state index in [-0.39, 0.29) is 17.2 Å². The highest BCUT2D eigenvalue weighted by Gasteiger charge is 2.17. The molecule has 44 heavy (non-hydrogen) atoms. The molecule has 4 aromatic carbocycles. The minimum atomic E-state index is -0.553. The standard InChI is InChI=1S/C34H32N2O7S/c1-40-26-14-16-30(41-2)24(17-26)18-28(36-33(38)22-9-6-5-7-10-22)34(39)35-25-11-8-12-27(20-25)44-21-29(37)23-13-15-31(42-3)32(19-23)43-4/h5-20H,21H2,1-4H3,(H,35,39)(H,36,38)/b28-18-. The Bertz CT molecular complexity index is 1670. The molecule has 0 saturated carbocycles. The molecule has 0 atom stereocenters. The van der Waals surface area contributed by atoms with E-state index in [0.717, 1.165) is 4.90 Å². The lowest BCUT2D eigenvalue weighted by Gasteiger charge is -2.14. The van der Waals surface area contributed by atoms with E-state index in [1.54, 1.807) is 84.9 Å². The van der Waals surface area contributed by atoms with Gasteiger partial charge in [0.15, 0.2) is 17.3 Å². The summed E-state index contributed by atoms with van der Waals surface area (Å²) < 4.78 is 21.3. The molecule has 2 amide bonds. The van der Waals surface area contributed by atoms with Crippen LogP contribution in [0.5, 0.6) is 23.0 Å². The number of nitrogens with one attached hydrogen (secondary N) is 2. The van der Waals surface area contributed by atoms with E-state index in [0.29, 0.717) is 45.4 Å². The van der Waals surface area contributed by atoms with Crippen molar-refractivity contribution in [2.75, 3.05) is 39.5 Å². The number of anilines is 1. The van der Waals surface area contributed by atoms with Crippen LogP contribution in [-0.2, 0) is 4.79 Å². The Kier molecular flexibility index (Phi) is 11.0. The van der Waals surface area contributed by atoms with Gasteiger partial charge in [-0.3, -0.25) is 14.4 Å². The van der Waals surface area contributed by atoms with Crippen molar-refractivity contribution in [3.05, 3.63) is 113 Å². The predicted molar refractivity (Wildman–Crippen MR) is 171 cm³/mol. The molecular formula is C34H32N2O7S. The van der Waals surface area contributed by atoms with E-state index in [2.05, 4.69) is 10.6 Å². The molecule has 0 aliphatic heterocycles. The van der Waals surface area contributed by atoms with Crippen LogP contribution in [0.1, 0.15) is 26.3 Å². The summed E-state index contributed by atoms with van der Waals surface area (Å²) in [4.78, 5) is 40.2. The fourth-order valence-electron chi connectivity index (χ4n) is 4.15. The van der Waals surface area contributed by atoms with Crippen LogP contribution >= 0.6 is 11.8 Å². The van der Waals surface area contributed by atoms with E-state index >= 15 is 0 Å². The van der Waals surface area contributed by atoms with Crippen molar-refractivity contribution in [3.63, 3.8) is 0 Å². The Morgan fingerprint density at radius 3 is 2.14 bits per heavy atom. The van der Waals surface area contributed by atoms with Crippen molar-refractivity contribution >= 4 is 41.1 Å². The highest BCUT2D eigenvalue weighted by atomic mass is 32.2. The third-order valence-electron chi connectivity index (χ3n) is 6.43. The quantitative estimate of drug-likeness (QED) is 0.106. The molecule has 0 aromatic heterocycles. The lowest BCUT2D eigenvalue weighted by Crippen LogP contribution is -2.30. The maximum absolute atomic E-state index is 13.6. The second-order valence-electron chi connectivity index (χ2n) is 9.25. The summed E-state index contributed by atoms with van der Waals surface area (Å²) in [5.74, 6) is 1.13. The van der Waals surface area contributed by atoms with E-state index in [9.17, 15) is 14.4 Å². The highest BCUT2D eigenvalue weighted by Crippen LogP contribution is 2.30. The summed E-state index contributed by atoms with van der Waals surface area (Å²) in [6.07, 6.45) is 1.53. The van der Waals surface area contributed by atoms with Gasteiger partial charge >= 0.3 is 0 Å². The molecule has 0 heterocycles. The molecule has 0 aliphatic carbocycles. The number of carbonyl (C=O) groups excluding carboxylic acids is 3. The van der Waals surface area contributed by atoms with Crippen LogP contribution in [0.25, 0.3) is 6.08 Å². The third-order valence-corrected chi connectivity index (χ3v) is 7.43. The monoisotopic (exact) mass is 612 g/mol. The number of rotatable bonds is 13. The van der Waals surface area contributed by atoms with Crippen molar-refractivity contribution in [2.45, 2.75) is 4.90 Å². The minimum Gasteiger partial charge on any atom is -0.497 e. The zero-order valence-electron chi connectivity index (χ0n) is 24.7. The van der Waals surface area contributed by atoms with E-state index in [1.807, 2.05) is 6.07 Å². The fraction of sp³-hybridized carbons (Fsp3) is 0.147. The zero-order valence-corrected chi connectivity index (χ0v) is 25.5. The predicted octanol–water partition coefficient (Wildman–Crippen LogP) is 6.11. The molecule has 0 unspecified atom stereocenters. The molecule has 10 heteroatoms. The molecule has 2 N–H and O–H groups in total. The lowest BCUT2D eigenvalue weighted by molar-refractivity contribution is -0.113. The first kappa shape index (κ1) is 31.7. The number of ketones is 1. The van der Waals surface area contributed by atoms with Gasteiger partial charge in [-0.15, -0.1) is 11.8 Å². The Hall–Kier alpha value is -5.22. The SMILES string of the molecule is COc1ccc(OC)c(/C=C(\NC(=O)c2ccccc2)C(=O)Nc2cccc(SCC(=O)c3ccc(OC)c(OC)c3)c2)c1. The zero-order chi connectivity index (χ0) is 31.5. The van der Waals surface area contributed by atoms with Crippen LogP contribution in [-0.4, -0.2) is 51.8 Å². The number of methoxy groups -OCH3 is 4. The fourth-order valence-corrected chi connectivity index (χ4v) is 5.00. The molecular weight excluding hydrogens is 580 g/mol. The third kappa shape index (κ3) is 8.20. The summed E-state index contributed by atoms with van der Waals surface area (Å²) in [7, 11) is 6.10. The average Bonchev–Trinajstić information content (AvgIpc) is 3.06. The van der Waals surface area contributed by atoms with Crippen LogP contribution in [0.4, 0.5) is 5.69 Å². The number of hydrogen-bond acceptors (Lipinski definition) is 8. The van der Waals surface area contributed by atoms with E-state index < -0.39 is 11.8 Å². The summed E-state index contributed by atoms with van der Waals surface area (Å²) in [6, 6.07) is 25.9. The smallest absolute Gasteiger partial charge is 0.272 e. The molecule has 4 rings (SSSR count). The highest BCUT2D eigenvalue weighted by molar-refractivity contribution is 8.00. The molecule has 0 spiro atoms. The maximum atomic E-state index is 13.6. The van der Waals surface area contributed by atoms with Gasteiger partial charge in [-0.2, -0.15) is 0 Å². The van der Waals surface area contributed by atoms with Gasteiger partial charge in [-0.25, -0.2) is 0 Å². The Balaban J connectivity index is 1.53. The molecule has 9 nitrogen and oxygen atoms in total. The van der Waals surface area contributed by atoms with Crippen molar-refractivity contribution in [1.82, 2.24) is 5.32 Å². The molecule has 0 radical (unpaired) electrons. The number of ether oxygens (including phenoxy) is 4. The second-order valence-corrected chi connectivity index (χ2v) is 10.3. The van der Waals surface area contributed by atoms with Crippen LogP contribution in [0.15, 0.2) is 102 Å². The first-order valence-electron chi connectivity index (χ1n) is 13.4. The van der Waals surface area contributed by atoms with Crippen molar-refractivity contribution in [2.24, 2.45) is 0 Å². The topological polar surface area (TPSA) is 112 Å². The number of hydrogen-bond donors (Lipinski definition) is 2. The van der Waals surface area contributed by atoms with Gasteiger partial charge in [0, 0.05) is 27.3 Å². The number of amides is 2. The van der Waals surface area contributed by atoms with Gasteiger partial charge in [0.1, 0.15) is 17.2 Å². The van der Waals surface area contributed by atoms with Crippen molar-refractivity contribution in [1.29, 1.82) is 0 Å². The Morgan fingerprint density at radius 1 is 0.705 bits per heavy atom. The minimum absolute atomic E-state index is 0.00732. The summed E-state index contributed by atoms with van der Waals surface area (Å²) in [5.41, 5.74) is 1.89. The molecule has 0 saturated heterocycles. The number of thioether (sulfide) groups is 1. The summed E-state index contributed by atoms with van der Waals surface area (Å²) >= 11 is 1.33. The van der Waals surface area contributed by atoms with Gasteiger partial charge in [0.05, 0.1) is 34.2 Å². The molecule has 0 bridgehead atoms.